The van der Waals surface area contributed by atoms with Gasteiger partial charge in [-0.1, -0.05) is 6.92 Å². The molecule has 2 nitrogen and oxygen atoms in total. The molecule has 78 valence electrons. The molecule has 2 rings (SSSR count). The normalized spacial score (nSPS) is 22.5. The predicted molar refractivity (Wildman–Crippen MR) is 61.0 cm³/mol. The average molecular weight is 210 g/mol. The van der Waals surface area contributed by atoms with E-state index in [1.807, 2.05) is 11.3 Å². The second-order valence-corrected chi connectivity index (χ2v) is 4.90. The maximum atomic E-state index is 4.70. The molecule has 1 saturated heterocycles. The van der Waals surface area contributed by atoms with E-state index in [4.69, 9.17) is 4.98 Å². The summed E-state index contributed by atoms with van der Waals surface area (Å²) in [5, 5.41) is 7.00. The van der Waals surface area contributed by atoms with Crippen LogP contribution in [0.15, 0.2) is 5.38 Å². The molecule has 0 aromatic carbocycles. The van der Waals surface area contributed by atoms with Gasteiger partial charge >= 0.3 is 0 Å². The largest absolute Gasteiger partial charge is 0.316 e. The monoisotopic (exact) mass is 210 g/mol. The summed E-state index contributed by atoms with van der Waals surface area (Å²) < 4.78 is 0. The van der Waals surface area contributed by atoms with E-state index in [2.05, 4.69) is 17.6 Å². The Balaban J connectivity index is 2.00. The van der Waals surface area contributed by atoms with Gasteiger partial charge in [0.25, 0.3) is 0 Å². The Labute approximate surface area is 89.8 Å². The lowest BCUT2D eigenvalue weighted by Gasteiger charge is -2.20. The van der Waals surface area contributed by atoms with Gasteiger partial charge in [0.05, 0.1) is 10.7 Å². The van der Waals surface area contributed by atoms with Crippen molar-refractivity contribution >= 4 is 11.3 Å². The smallest absolute Gasteiger partial charge is 0.0928 e. The Morgan fingerprint density at radius 1 is 1.64 bits per heavy atom. The maximum Gasteiger partial charge on any atom is 0.0928 e. The summed E-state index contributed by atoms with van der Waals surface area (Å²) in [7, 11) is 0. The molecule has 1 aliphatic heterocycles. The number of thiazole rings is 1. The highest BCUT2D eigenvalue weighted by atomic mass is 32.1. The van der Waals surface area contributed by atoms with Crippen molar-refractivity contribution in [2.24, 2.45) is 0 Å². The second kappa shape index (κ2) is 4.89. The Bertz CT molecular complexity index is 277. The third-order valence-electron chi connectivity index (χ3n) is 2.75. The summed E-state index contributed by atoms with van der Waals surface area (Å²) in [4.78, 5) is 4.70. The fourth-order valence-corrected chi connectivity index (χ4v) is 2.93. The van der Waals surface area contributed by atoms with E-state index in [0.29, 0.717) is 5.92 Å². The van der Waals surface area contributed by atoms with Crippen LogP contribution in [0.4, 0.5) is 0 Å². The number of aromatic nitrogens is 1. The molecule has 0 radical (unpaired) electrons. The minimum Gasteiger partial charge on any atom is -0.316 e. The van der Waals surface area contributed by atoms with E-state index in [1.165, 1.54) is 36.5 Å². The van der Waals surface area contributed by atoms with Crippen LogP contribution < -0.4 is 5.32 Å². The van der Waals surface area contributed by atoms with Crippen LogP contribution in [-0.2, 0) is 6.42 Å². The molecule has 0 aliphatic carbocycles. The highest BCUT2D eigenvalue weighted by Gasteiger charge is 2.17. The minimum atomic E-state index is 0.672. The van der Waals surface area contributed by atoms with E-state index < -0.39 is 0 Å². The average Bonchev–Trinajstić information content (AvgIpc) is 2.68. The summed E-state index contributed by atoms with van der Waals surface area (Å²) in [5.41, 5.74) is 1.32. The molecule has 0 saturated carbocycles. The van der Waals surface area contributed by atoms with Gasteiger partial charge in [0.1, 0.15) is 0 Å². The lowest BCUT2D eigenvalue weighted by molar-refractivity contribution is 0.455. The van der Waals surface area contributed by atoms with Crippen LogP contribution in [0.3, 0.4) is 0 Å². The molecule has 1 aromatic rings. The van der Waals surface area contributed by atoms with Crippen molar-refractivity contribution in [3.63, 3.8) is 0 Å². The second-order valence-electron chi connectivity index (χ2n) is 3.96. The molecule has 14 heavy (non-hydrogen) atoms. The Hall–Kier alpha value is -0.410. The summed E-state index contributed by atoms with van der Waals surface area (Å²) in [6.45, 7) is 4.51. The van der Waals surface area contributed by atoms with Crippen LogP contribution >= 0.6 is 11.3 Å². The number of rotatable bonds is 3. The molecule has 1 aliphatic rings. The van der Waals surface area contributed by atoms with Gasteiger partial charge in [-0.25, -0.2) is 4.98 Å². The van der Waals surface area contributed by atoms with Crippen molar-refractivity contribution < 1.29 is 0 Å². The van der Waals surface area contributed by atoms with Crippen LogP contribution in [0, 0.1) is 0 Å². The Kier molecular flexibility index (Phi) is 3.54. The predicted octanol–water partition coefficient (Wildman–Crippen LogP) is 2.56. The van der Waals surface area contributed by atoms with Gasteiger partial charge in [-0.15, -0.1) is 11.3 Å². The summed E-state index contributed by atoms with van der Waals surface area (Å²) in [6.07, 6.45) is 4.95. The molecule has 1 fully saturated rings. The number of piperidine rings is 1. The quantitative estimate of drug-likeness (QED) is 0.829. The van der Waals surface area contributed by atoms with E-state index in [-0.39, 0.29) is 0 Å². The van der Waals surface area contributed by atoms with E-state index in [9.17, 15) is 0 Å². The standard InChI is InChI=1S/C11H18N2S/c1-2-4-11-13-10(8-14-11)9-5-3-6-12-7-9/h8-9,12H,2-7H2,1H3. The molecule has 0 bridgehead atoms. The number of hydrogen-bond acceptors (Lipinski definition) is 3. The molecule has 0 amide bonds. The lowest BCUT2D eigenvalue weighted by Crippen LogP contribution is -2.28. The zero-order valence-corrected chi connectivity index (χ0v) is 9.57. The molecule has 2 heterocycles. The summed E-state index contributed by atoms with van der Waals surface area (Å²) in [5.74, 6) is 0.672. The van der Waals surface area contributed by atoms with Gasteiger partial charge in [0.15, 0.2) is 0 Å². The molecule has 1 atom stereocenters. The zero-order valence-electron chi connectivity index (χ0n) is 8.75. The SMILES string of the molecule is CCCc1nc(C2CCCNC2)cs1. The van der Waals surface area contributed by atoms with Gasteiger partial charge in [0.2, 0.25) is 0 Å². The van der Waals surface area contributed by atoms with Gasteiger partial charge in [-0.2, -0.15) is 0 Å². The Morgan fingerprint density at radius 2 is 2.57 bits per heavy atom. The lowest BCUT2D eigenvalue weighted by atomic mass is 9.97. The number of aryl methyl sites for hydroxylation is 1. The molecule has 3 heteroatoms. The van der Waals surface area contributed by atoms with Gasteiger partial charge < -0.3 is 5.32 Å². The highest BCUT2D eigenvalue weighted by Crippen LogP contribution is 2.24. The number of nitrogens with zero attached hydrogens (tertiary/aromatic N) is 1. The first-order valence-corrected chi connectivity index (χ1v) is 6.43. The molecule has 0 spiro atoms. The molecular formula is C11H18N2S. The van der Waals surface area contributed by atoms with E-state index >= 15 is 0 Å². The third-order valence-corrected chi connectivity index (χ3v) is 3.68. The number of hydrogen-bond donors (Lipinski definition) is 1. The number of nitrogens with one attached hydrogen (secondary N) is 1. The minimum absolute atomic E-state index is 0.672. The highest BCUT2D eigenvalue weighted by molar-refractivity contribution is 7.09. The first-order valence-electron chi connectivity index (χ1n) is 5.55. The molecule has 1 N–H and O–H groups in total. The van der Waals surface area contributed by atoms with Crippen molar-refractivity contribution in [3.8, 4) is 0 Å². The van der Waals surface area contributed by atoms with Crippen molar-refractivity contribution in [1.82, 2.24) is 10.3 Å². The van der Waals surface area contributed by atoms with Crippen molar-refractivity contribution in [1.29, 1.82) is 0 Å². The van der Waals surface area contributed by atoms with E-state index in [0.717, 1.165) is 13.0 Å². The van der Waals surface area contributed by atoms with Gasteiger partial charge in [0, 0.05) is 17.8 Å². The van der Waals surface area contributed by atoms with Crippen LogP contribution in [0.5, 0.6) is 0 Å². The third kappa shape index (κ3) is 2.34. The summed E-state index contributed by atoms with van der Waals surface area (Å²) >= 11 is 1.83. The molecule has 1 unspecified atom stereocenters. The first kappa shape index (κ1) is 10.1. The topological polar surface area (TPSA) is 24.9 Å². The first-order chi connectivity index (χ1) is 6.90. The fourth-order valence-electron chi connectivity index (χ4n) is 1.95. The van der Waals surface area contributed by atoms with Gasteiger partial charge in [-0.05, 0) is 32.2 Å². The van der Waals surface area contributed by atoms with Crippen molar-refractivity contribution in [3.05, 3.63) is 16.1 Å². The van der Waals surface area contributed by atoms with E-state index in [1.54, 1.807) is 0 Å². The van der Waals surface area contributed by atoms with Crippen molar-refractivity contribution in [2.75, 3.05) is 13.1 Å². The van der Waals surface area contributed by atoms with Crippen LogP contribution in [0.25, 0.3) is 0 Å². The van der Waals surface area contributed by atoms with Crippen LogP contribution in [0.2, 0.25) is 0 Å². The molecular weight excluding hydrogens is 192 g/mol. The Morgan fingerprint density at radius 3 is 3.29 bits per heavy atom. The van der Waals surface area contributed by atoms with Crippen molar-refractivity contribution in [2.45, 2.75) is 38.5 Å². The van der Waals surface area contributed by atoms with Crippen LogP contribution in [-0.4, -0.2) is 18.1 Å². The molecule has 1 aromatic heterocycles. The zero-order chi connectivity index (χ0) is 9.80. The fraction of sp³-hybridized carbons (Fsp3) is 0.727. The van der Waals surface area contributed by atoms with Gasteiger partial charge in [-0.3, -0.25) is 0 Å². The summed E-state index contributed by atoms with van der Waals surface area (Å²) in [6, 6.07) is 0. The maximum absolute atomic E-state index is 4.70. The van der Waals surface area contributed by atoms with Crippen LogP contribution in [0.1, 0.15) is 42.8 Å².